The van der Waals surface area contributed by atoms with E-state index in [0.717, 1.165) is 24.8 Å². The number of amides is 1. The topological polar surface area (TPSA) is 46.3 Å². The van der Waals surface area contributed by atoms with E-state index in [2.05, 4.69) is 25.7 Å². The van der Waals surface area contributed by atoms with Gasteiger partial charge in [-0.3, -0.25) is 9.69 Å². The van der Waals surface area contributed by atoms with E-state index in [1.54, 1.807) is 0 Å². The molecule has 3 atom stereocenters. The number of rotatable bonds is 1. The highest BCUT2D eigenvalue weighted by Crippen LogP contribution is 2.40. The zero-order valence-corrected chi connectivity index (χ0v) is 11.4. The van der Waals surface area contributed by atoms with Crippen LogP contribution in [0.4, 0.5) is 0 Å². The molecular weight excluding hydrogens is 212 g/mol. The molecule has 1 heterocycles. The molecule has 98 valence electrons. The van der Waals surface area contributed by atoms with Gasteiger partial charge >= 0.3 is 0 Å². The lowest BCUT2D eigenvalue weighted by Gasteiger charge is -2.50. The first-order valence-electron chi connectivity index (χ1n) is 6.95. The van der Waals surface area contributed by atoms with E-state index in [-0.39, 0.29) is 17.5 Å². The number of fused-ring (bicyclic) bond motifs is 1. The zero-order chi connectivity index (χ0) is 12.6. The maximum atomic E-state index is 11.7. The normalized spacial score (nSPS) is 35.4. The van der Waals surface area contributed by atoms with Crippen LogP contribution in [0.25, 0.3) is 0 Å². The summed E-state index contributed by atoms with van der Waals surface area (Å²) in [5.74, 6) is 1.39. The highest BCUT2D eigenvalue weighted by atomic mass is 16.1. The fraction of sp³-hybridized carbons (Fsp3) is 0.929. The summed E-state index contributed by atoms with van der Waals surface area (Å²) >= 11 is 0. The lowest BCUT2D eigenvalue weighted by Crippen LogP contribution is -2.59. The largest absolute Gasteiger partial charge is 0.368 e. The molecule has 1 aliphatic carbocycles. The number of primary amides is 1. The molecule has 0 aromatic heterocycles. The summed E-state index contributed by atoms with van der Waals surface area (Å²) in [5, 5.41) is 0. The monoisotopic (exact) mass is 238 g/mol. The fourth-order valence-corrected chi connectivity index (χ4v) is 3.64. The lowest BCUT2D eigenvalue weighted by atomic mass is 9.72. The Morgan fingerprint density at radius 2 is 1.76 bits per heavy atom. The Morgan fingerprint density at radius 3 is 2.29 bits per heavy atom. The second kappa shape index (κ2) is 4.60. The first-order valence-corrected chi connectivity index (χ1v) is 6.95. The highest BCUT2D eigenvalue weighted by Gasteiger charge is 2.42. The predicted octanol–water partition coefficient (Wildman–Crippen LogP) is 2.15. The van der Waals surface area contributed by atoms with Crippen LogP contribution in [0.1, 0.15) is 52.9 Å². The van der Waals surface area contributed by atoms with Crippen molar-refractivity contribution in [2.45, 2.75) is 64.5 Å². The van der Waals surface area contributed by atoms with Crippen LogP contribution in [0.3, 0.4) is 0 Å². The molecule has 2 N–H and O–H groups in total. The van der Waals surface area contributed by atoms with Crippen LogP contribution < -0.4 is 5.73 Å². The number of nitrogens with two attached hydrogens (primary N) is 1. The number of hydrogen-bond donors (Lipinski definition) is 1. The molecule has 2 fully saturated rings. The summed E-state index contributed by atoms with van der Waals surface area (Å²) in [7, 11) is 0. The van der Waals surface area contributed by atoms with Gasteiger partial charge in [-0.15, -0.1) is 0 Å². The third-order valence-corrected chi connectivity index (χ3v) is 4.59. The van der Waals surface area contributed by atoms with Crippen LogP contribution in [-0.2, 0) is 4.79 Å². The highest BCUT2D eigenvalue weighted by molar-refractivity contribution is 5.80. The van der Waals surface area contributed by atoms with E-state index in [1.165, 1.54) is 25.7 Å². The molecule has 0 unspecified atom stereocenters. The number of likely N-dealkylation sites (tertiary alicyclic amines) is 1. The maximum Gasteiger partial charge on any atom is 0.234 e. The minimum atomic E-state index is -0.135. The van der Waals surface area contributed by atoms with Crippen molar-refractivity contribution in [2.24, 2.45) is 17.6 Å². The molecule has 1 saturated carbocycles. The number of nitrogens with zero attached hydrogens (tertiary/aromatic N) is 1. The molecule has 1 saturated heterocycles. The van der Waals surface area contributed by atoms with Crippen molar-refractivity contribution in [1.29, 1.82) is 0 Å². The summed E-state index contributed by atoms with van der Waals surface area (Å²) in [4.78, 5) is 14.0. The van der Waals surface area contributed by atoms with Crippen molar-refractivity contribution < 1.29 is 4.79 Å². The average molecular weight is 238 g/mol. The first-order chi connectivity index (χ1) is 7.89. The maximum absolute atomic E-state index is 11.7. The molecule has 0 radical (unpaired) electrons. The molecule has 0 aromatic carbocycles. The van der Waals surface area contributed by atoms with Gasteiger partial charge in [0.15, 0.2) is 0 Å². The van der Waals surface area contributed by atoms with Crippen molar-refractivity contribution in [3.8, 4) is 0 Å². The number of carbonyl (C=O) groups is 1. The van der Waals surface area contributed by atoms with E-state index in [0.29, 0.717) is 0 Å². The van der Waals surface area contributed by atoms with Crippen LogP contribution in [0.15, 0.2) is 0 Å². The van der Waals surface area contributed by atoms with E-state index < -0.39 is 0 Å². The number of carbonyl (C=O) groups excluding carboxylic acids is 1. The molecule has 3 heteroatoms. The third kappa shape index (κ3) is 2.65. The molecule has 0 aromatic rings. The van der Waals surface area contributed by atoms with Crippen molar-refractivity contribution in [1.82, 2.24) is 4.90 Å². The average Bonchev–Trinajstić information content (AvgIpc) is 2.26. The fourth-order valence-electron chi connectivity index (χ4n) is 3.64. The first kappa shape index (κ1) is 12.9. The second-order valence-electron chi connectivity index (χ2n) is 6.78. The standard InChI is InChI=1S/C14H26N2O/c1-14(2,3)16-9-11-7-5-4-6-10(11)8-12(16)13(15)17/h10-12H,4-9H2,1-3H3,(H2,15,17)/t10-,11+,12-/m0/s1. The summed E-state index contributed by atoms with van der Waals surface area (Å²) in [6.07, 6.45) is 6.31. The van der Waals surface area contributed by atoms with Gasteiger partial charge in [0.2, 0.25) is 5.91 Å². The SMILES string of the molecule is CC(C)(C)N1C[C@H]2CCCC[C@H]2C[C@H]1C(N)=O. The van der Waals surface area contributed by atoms with Gasteiger partial charge in [0.05, 0.1) is 6.04 Å². The van der Waals surface area contributed by atoms with Crippen LogP contribution in [0, 0.1) is 11.8 Å². The third-order valence-electron chi connectivity index (χ3n) is 4.59. The summed E-state index contributed by atoms with van der Waals surface area (Å²) in [6, 6.07) is -0.0469. The molecular formula is C14H26N2O. The Bertz CT molecular complexity index is 295. The Labute approximate surface area is 105 Å². The Hall–Kier alpha value is -0.570. The van der Waals surface area contributed by atoms with E-state index in [4.69, 9.17) is 5.73 Å². The Morgan fingerprint density at radius 1 is 1.18 bits per heavy atom. The minimum absolute atomic E-state index is 0.0438. The van der Waals surface area contributed by atoms with Crippen LogP contribution in [-0.4, -0.2) is 28.9 Å². The lowest BCUT2D eigenvalue weighted by molar-refractivity contribution is -0.130. The number of piperidine rings is 1. The van der Waals surface area contributed by atoms with Gasteiger partial charge in [0.1, 0.15) is 0 Å². The van der Waals surface area contributed by atoms with Gasteiger partial charge < -0.3 is 5.73 Å². The van der Waals surface area contributed by atoms with E-state index in [1.807, 2.05) is 0 Å². The van der Waals surface area contributed by atoms with E-state index in [9.17, 15) is 4.79 Å². The van der Waals surface area contributed by atoms with Gasteiger partial charge in [0, 0.05) is 12.1 Å². The molecule has 0 spiro atoms. The van der Waals surface area contributed by atoms with Gasteiger partial charge in [-0.25, -0.2) is 0 Å². The Balaban J connectivity index is 2.16. The Kier molecular flexibility index (Phi) is 3.48. The second-order valence-corrected chi connectivity index (χ2v) is 6.78. The van der Waals surface area contributed by atoms with Gasteiger partial charge in [-0.2, -0.15) is 0 Å². The summed E-state index contributed by atoms with van der Waals surface area (Å²) in [6.45, 7) is 7.62. The van der Waals surface area contributed by atoms with Gasteiger partial charge in [-0.05, 0) is 45.4 Å². The molecule has 3 nitrogen and oxygen atoms in total. The molecule has 1 aliphatic heterocycles. The summed E-state index contributed by atoms with van der Waals surface area (Å²) < 4.78 is 0. The van der Waals surface area contributed by atoms with Crippen molar-refractivity contribution in [3.63, 3.8) is 0 Å². The molecule has 0 bridgehead atoms. The molecule has 17 heavy (non-hydrogen) atoms. The van der Waals surface area contributed by atoms with Crippen LogP contribution in [0.5, 0.6) is 0 Å². The quantitative estimate of drug-likeness (QED) is 0.761. The van der Waals surface area contributed by atoms with Crippen molar-refractivity contribution >= 4 is 5.91 Å². The predicted molar refractivity (Wildman–Crippen MR) is 69.5 cm³/mol. The van der Waals surface area contributed by atoms with Gasteiger partial charge in [0.25, 0.3) is 0 Å². The van der Waals surface area contributed by atoms with Crippen molar-refractivity contribution in [3.05, 3.63) is 0 Å². The zero-order valence-electron chi connectivity index (χ0n) is 11.4. The van der Waals surface area contributed by atoms with Crippen LogP contribution in [0.2, 0.25) is 0 Å². The molecule has 2 aliphatic rings. The van der Waals surface area contributed by atoms with Crippen molar-refractivity contribution in [2.75, 3.05) is 6.54 Å². The summed E-state index contributed by atoms with van der Waals surface area (Å²) in [5.41, 5.74) is 5.64. The molecule has 2 rings (SSSR count). The molecule has 1 amide bonds. The van der Waals surface area contributed by atoms with Gasteiger partial charge in [-0.1, -0.05) is 19.3 Å². The van der Waals surface area contributed by atoms with Crippen LogP contribution >= 0.6 is 0 Å². The smallest absolute Gasteiger partial charge is 0.234 e. The van der Waals surface area contributed by atoms with E-state index >= 15 is 0 Å². The minimum Gasteiger partial charge on any atom is -0.368 e. The number of hydrogen-bond acceptors (Lipinski definition) is 2.